The van der Waals surface area contributed by atoms with E-state index in [2.05, 4.69) is 174 Å². The van der Waals surface area contributed by atoms with Gasteiger partial charge in [0.25, 0.3) is 0 Å². The van der Waals surface area contributed by atoms with Crippen molar-refractivity contribution in [3.05, 3.63) is 199 Å². The van der Waals surface area contributed by atoms with E-state index < -0.39 is 0 Å². The molecule has 9 aromatic rings. The van der Waals surface area contributed by atoms with Crippen LogP contribution in [0.5, 0.6) is 0 Å². The molecule has 4 heteroatoms. The Morgan fingerprint density at radius 3 is 1.92 bits per heavy atom. The second kappa shape index (κ2) is 12.0. The maximum absolute atomic E-state index is 5.24. The number of benzene rings is 8. The summed E-state index contributed by atoms with van der Waals surface area (Å²) in [6, 6.07) is 64.7. The molecule has 10 rings (SSSR count). The van der Waals surface area contributed by atoms with E-state index in [1.807, 2.05) is 18.2 Å². The van der Waals surface area contributed by atoms with Crippen LogP contribution in [0.25, 0.3) is 60.2 Å². The van der Waals surface area contributed by atoms with Gasteiger partial charge in [0.05, 0.1) is 11.0 Å². The number of amidine groups is 2. The first-order valence-electron chi connectivity index (χ1n) is 17.4. The van der Waals surface area contributed by atoms with Gasteiger partial charge in [0.1, 0.15) is 12.0 Å². The Bertz CT molecular complexity index is 2830. The largest absolute Gasteiger partial charge is 0.344 e. The van der Waals surface area contributed by atoms with Crippen LogP contribution in [-0.2, 0) is 0 Å². The maximum Gasteiger partial charge on any atom is 0.159 e. The van der Waals surface area contributed by atoms with Crippen molar-refractivity contribution in [1.82, 2.24) is 9.88 Å². The molecule has 2 heterocycles. The van der Waals surface area contributed by atoms with Crippen LogP contribution in [0.4, 0.5) is 0 Å². The Balaban J connectivity index is 1.07. The van der Waals surface area contributed by atoms with Crippen LogP contribution in [0, 0.1) is 0 Å². The van der Waals surface area contributed by atoms with Crippen molar-refractivity contribution < 1.29 is 0 Å². The van der Waals surface area contributed by atoms with E-state index in [9.17, 15) is 0 Å². The summed E-state index contributed by atoms with van der Waals surface area (Å²) >= 11 is 0. The molecule has 0 radical (unpaired) electrons. The summed E-state index contributed by atoms with van der Waals surface area (Å²) in [5.74, 6) is 1.50. The molecular formula is C47H32N4. The van der Waals surface area contributed by atoms with Gasteiger partial charge in [-0.2, -0.15) is 0 Å². The minimum absolute atomic E-state index is 0.304. The van der Waals surface area contributed by atoms with Gasteiger partial charge in [-0.25, -0.2) is 9.98 Å². The molecule has 0 spiro atoms. The maximum atomic E-state index is 5.24. The zero-order valence-corrected chi connectivity index (χ0v) is 27.7. The Morgan fingerprint density at radius 1 is 0.431 bits per heavy atom. The molecule has 4 nitrogen and oxygen atoms in total. The van der Waals surface area contributed by atoms with Crippen LogP contribution in [0.2, 0.25) is 0 Å². The number of rotatable bonds is 5. The lowest BCUT2D eigenvalue weighted by Crippen LogP contribution is -2.33. The first kappa shape index (κ1) is 29.2. The summed E-state index contributed by atoms with van der Waals surface area (Å²) in [5, 5.41) is 11.1. The van der Waals surface area contributed by atoms with Crippen molar-refractivity contribution in [3.8, 4) is 16.8 Å². The van der Waals surface area contributed by atoms with Crippen LogP contribution in [-0.4, -0.2) is 16.2 Å². The van der Waals surface area contributed by atoms with Crippen molar-refractivity contribution in [2.24, 2.45) is 9.98 Å². The number of nitrogens with zero attached hydrogens (tertiary/aromatic N) is 3. The molecule has 1 aliphatic heterocycles. The normalized spacial score (nSPS) is 14.5. The quantitative estimate of drug-likeness (QED) is 0.197. The molecule has 0 amide bonds. The number of para-hydroxylation sites is 1. The van der Waals surface area contributed by atoms with E-state index in [0.717, 1.165) is 28.2 Å². The third-order valence-electron chi connectivity index (χ3n) is 10.0. The van der Waals surface area contributed by atoms with Crippen molar-refractivity contribution in [2.45, 2.75) is 6.17 Å². The van der Waals surface area contributed by atoms with Gasteiger partial charge in [-0.15, -0.1) is 0 Å². The van der Waals surface area contributed by atoms with Gasteiger partial charge in [-0.05, 0) is 74.6 Å². The second-order valence-corrected chi connectivity index (χ2v) is 13.1. The Kier molecular flexibility index (Phi) is 6.85. The molecule has 0 bridgehead atoms. The first-order valence-corrected chi connectivity index (χ1v) is 17.4. The minimum Gasteiger partial charge on any atom is -0.344 e. The second-order valence-electron chi connectivity index (χ2n) is 13.1. The third-order valence-corrected chi connectivity index (χ3v) is 10.0. The van der Waals surface area contributed by atoms with Crippen LogP contribution in [0.1, 0.15) is 22.9 Å². The topological polar surface area (TPSA) is 41.7 Å². The lowest BCUT2D eigenvalue weighted by Gasteiger charge is -2.24. The fourth-order valence-electron chi connectivity index (χ4n) is 7.44. The standard InChI is InChI=1S/C47H32N4/c1-2-12-33(13-3-1)45-48-46(34-24-21-32(22-25-34)38-26-23-31-11-4-5-14-35(31)27-38)50-47(49-45)39-17-10-18-40(28-39)51-43-20-9-8-19-41(43)42-29-36-15-6-7-16-37(36)30-44(42)51/h1-30,46H,(H,48,49,50). The number of hydrogen-bond donors (Lipinski definition) is 1. The van der Waals surface area contributed by atoms with Crippen LogP contribution in [0.15, 0.2) is 192 Å². The predicted octanol–water partition coefficient (Wildman–Crippen LogP) is 11.3. The molecule has 1 aliphatic rings. The van der Waals surface area contributed by atoms with Gasteiger partial charge < -0.3 is 9.88 Å². The van der Waals surface area contributed by atoms with E-state index in [4.69, 9.17) is 9.98 Å². The number of fused-ring (bicyclic) bond motifs is 5. The van der Waals surface area contributed by atoms with Crippen molar-refractivity contribution in [3.63, 3.8) is 0 Å². The smallest absolute Gasteiger partial charge is 0.159 e. The molecule has 0 aliphatic carbocycles. The summed E-state index contributed by atoms with van der Waals surface area (Å²) in [4.78, 5) is 10.4. The monoisotopic (exact) mass is 652 g/mol. The highest BCUT2D eigenvalue weighted by atomic mass is 15.2. The number of aliphatic imine (C=N–C) groups is 2. The van der Waals surface area contributed by atoms with E-state index in [0.29, 0.717) is 5.84 Å². The third kappa shape index (κ3) is 5.17. The molecule has 1 unspecified atom stereocenters. The highest BCUT2D eigenvalue weighted by Gasteiger charge is 2.22. The molecule has 1 atom stereocenters. The van der Waals surface area contributed by atoms with Gasteiger partial charge in [0.2, 0.25) is 0 Å². The average molecular weight is 653 g/mol. The van der Waals surface area contributed by atoms with Crippen LogP contribution < -0.4 is 5.32 Å². The highest BCUT2D eigenvalue weighted by molar-refractivity contribution is 6.15. The lowest BCUT2D eigenvalue weighted by molar-refractivity contribution is 0.674. The summed E-state index contributed by atoms with van der Waals surface area (Å²) in [6.45, 7) is 0. The van der Waals surface area contributed by atoms with Crippen molar-refractivity contribution in [1.29, 1.82) is 0 Å². The Labute approximate surface area is 295 Å². The molecule has 0 saturated carbocycles. The Hall–Kier alpha value is -6.78. The fraction of sp³-hybridized carbons (Fsp3) is 0.0213. The summed E-state index contributed by atoms with van der Waals surface area (Å²) in [7, 11) is 0. The zero-order valence-electron chi connectivity index (χ0n) is 27.7. The molecule has 0 saturated heterocycles. The molecule has 0 fully saturated rings. The molecule has 1 N–H and O–H groups in total. The van der Waals surface area contributed by atoms with Crippen LogP contribution in [0.3, 0.4) is 0 Å². The van der Waals surface area contributed by atoms with Gasteiger partial charge in [-0.3, -0.25) is 0 Å². The van der Waals surface area contributed by atoms with E-state index in [-0.39, 0.29) is 6.17 Å². The first-order chi connectivity index (χ1) is 25.2. The minimum atomic E-state index is -0.304. The molecule has 51 heavy (non-hydrogen) atoms. The van der Waals surface area contributed by atoms with E-state index in [1.165, 1.54) is 54.5 Å². The molecule has 1 aromatic heterocycles. The molecule has 8 aromatic carbocycles. The Morgan fingerprint density at radius 2 is 1.10 bits per heavy atom. The lowest BCUT2D eigenvalue weighted by atomic mass is 9.99. The van der Waals surface area contributed by atoms with Gasteiger partial charge in [0.15, 0.2) is 5.84 Å². The van der Waals surface area contributed by atoms with Crippen molar-refractivity contribution in [2.75, 3.05) is 0 Å². The number of aromatic nitrogens is 1. The van der Waals surface area contributed by atoms with Crippen molar-refractivity contribution >= 4 is 55.0 Å². The highest BCUT2D eigenvalue weighted by Crippen LogP contribution is 2.35. The molecular weight excluding hydrogens is 621 g/mol. The molecule has 240 valence electrons. The summed E-state index contributed by atoms with van der Waals surface area (Å²) in [6.07, 6.45) is -0.304. The van der Waals surface area contributed by atoms with E-state index >= 15 is 0 Å². The summed E-state index contributed by atoms with van der Waals surface area (Å²) in [5.41, 5.74) is 8.85. The van der Waals surface area contributed by atoms with Gasteiger partial charge >= 0.3 is 0 Å². The zero-order chi connectivity index (χ0) is 33.7. The number of hydrogen-bond acceptors (Lipinski definition) is 3. The van der Waals surface area contributed by atoms with Crippen LogP contribution >= 0.6 is 0 Å². The average Bonchev–Trinajstić information content (AvgIpc) is 3.53. The summed E-state index contributed by atoms with van der Waals surface area (Å²) < 4.78 is 2.37. The van der Waals surface area contributed by atoms with Gasteiger partial charge in [0, 0.05) is 27.6 Å². The van der Waals surface area contributed by atoms with E-state index in [1.54, 1.807) is 0 Å². The number of nitrogens with one attached hydrogen (secondary N) is 1. The fourth-order valence-corrected chi connectivity index (χ4v) is 7.44. The predicted molar refractivity (Wildman–Crippen MR) is 213 cm³/mol. The van der Waals surface area contributed by atoms with Gasteiger partial charge in [-0.1, -0.05) is 146 Å². The SMILES string of the molecule is c1ccc(C2=NC(c3cccc(-n4c5ccccc5c5cc6ccccc6cc54)c3)=NC(c3ccc(-c4ccc5ccccc5c4)cc3)N2)cc1.